The van der Waals surface area contributed by atoms with E-state index in [0.29, 0.717) is 22.8 Å². The smallest absolute Gasteiger partial charge is 0.343 e. The van der Waals surface area contributed by atoms with Crippen molar-refractivity contribution >= 4 is 17.8 Å². The second kappa shape index (κ2) is 10.3. The summed E-state index contributed by atoms with van der Waals surface area (Å²) in [7, 11) is 4.60. The predicted octanol–water partition coefficient (Wildman–Crippen LogP) is 5.14. The van der Waals surface area contributed by atoms with E-state index in [2.05, 4.69) is 0 Å². The van der Waals surface area contributed by atoms with Crippen molar-refractivity contribution in [1.82, 2.24) is 0 Å². The van der Waals surface area contributed by atoms with Crippen LogP contribution < -0.4 is 18.9 Å². The molecule has 0 heterocycles. The normalized spacial score (nSPS) is 10.6. The lowest BCUT2D eigenvalue weighted by Gasteiger charge is -2.11. The average Bonchev–Trinajstić information content (AvgIpc) is 2.82. The SMILES string of the molecule is COc1ccc(C(=O)C=Cc2ccc(OC)c(OC)c2)c(OC(=O)c2ccccc2C)c1. The number of carbonyl (C=O) groups excluding carboxylic acids is 2. The Morgan fingerprint density at radius 3 is 2.19 bits per heavy atom. The van der Waals surface area contributed by atoms with Crippen LogP contribution in [0.15, 0.2) is 66.7 Å². The minimum atomic E-state index is -0.547. The third kappa shape index (κ3) is 5.16. The van der Waals surface area contributed by atoms with Crippen LogP contribution in [0.1, 0.15) is 31.8 Å². The summed E-state index contributed by atoms with van der Waals surface area (Å²) in [6, 6.07) is 17.1. The molecule has 0 unspecified atom stereocenters. The largest absolute Gasteiger partial charge is 0.497 e. The van der Waals surface area contributed by atoms with Crippen LogP contribution in [0.5, 0.6) is 23.0 Å². The van der Waals surface area contributed by atoms with Crippen molar-refractivity contribution in [2.45, 2.75) is 6.92 Å². The minimum absolute atomic E-state index is 0.125. The van der Waals surface area contributed by atoms with Gasteiger partial charge in [-0.25, -0.2) is 4.79 Å². The average molecular weight is 432 g/mol. The highest BCUT2D eigenvalue weighted by Gasteiger charge is 2.17. The zero-order valence-corrected chi connectivity index (χ0v) is 18.4. The molecule has 0 amide bonds. The van der Waals surface area contributed by atoms with Gasteiger partial charge in [0.05, 0.1) is 32.5 Å². The Morgan fingerprint density at radius 1 is 0.750 bits per heavy atom. The van der Waals surface area contributed by atoms with Crippen LogP contribution in [-0.4, -0.2) is 33.1 Å². The number of ether oxygens (including phenoxy) is 4. The van der Waals surface area contributed by atoms with Crippen LogP contribution >= 0.6 is 0 Å². The summed E-state index contributed by atoms with van der Waals surface area (Å²) in [5.41, 5.74) is 2.20. The molecule has 0 aliphatic heterocycles. The number of hydrogen-bond donors (Lipinski definition) is 0. The van der Waals surface area contributed by atoms with Gasteiger partial charge in [0.25, 0.3) is 0 Å². The van der Waals surface area contributed by atoms with Crippen LogP contribution in [0, 0.1) is 6.92 Å². The Kier molecular flexibility index (Phi) is 7.29. The van der Waals surface area contributed by atoms with Gasteiger partial charge in [0.2, 0.25) is 0 Å². The van der Waals surface area contributed by atoms with E-state index in [0.717, 1.165) is 11.1 Å². The fraction of sp³-hybridized carbons (Fsp3) is 0.154. The highest BCUT2D eigenvalue weighted by Crippen LogP contribution is 2.29. The molecule has 0 radical (unpaired) electrons. The van der Waals surface area contributed by atoms with Gasteiger partial charge in [0, 0.05) is 6.07 Å². The lowest BCUT2D eigenvalue weighted by molar-refractivity contribution is 0.0732. The quantitative estimate of drug-likeness (QED) is 0.213. The second-order valence-corrected chi connectivity index (χ2v) is 6.88. The first kappa shape index (κ1) is 22.6. The van der Waals surface area contributed by atoms with E-state index in [1.165, 1.54) is 19.3 Å². The van der Waals surface area contributed by atoms with E-state index in [4.69, 9.17) is 18.9 Å². The molecule has 0 fully saturated rings. The highest BCUT2D eigenvalue weighted by atomic mass is 16.5. The Morgan fingerprint density at radius 2 is 1.50 bits per heavy atom. The fourth-order valence-corrected chi connectivity index (χ4v) is 3.09. The van der Waals surface area contributed by atoms with Crippen molar-refractivity contribution in [3.63, 3.8) is 0 Å². The number of esters is 1. The van der Waals surface area contributed by atoms with E-state index in [9.17, 15) is 9.59 Å². The monoisotopic (exact) mass is 432 g/mol. The molecule has 0 aliphatic rings. The van der Waals surface area contributed by atoms with Crippen LogP contribution in [0.2, 0.25) is 0 Å². The zero-order valence-electron chi connectivity index (χ0n) is 18.4. The molecule has 6 nitrogen and oxygen atoms in total. The Labute approximate surface area is 187 Å². The maximum atomic E-state index is 12.9. The van der Waals surface area contributed by atoms with Crippen LogP contribution in [-0.2, 0) is 0 Å². The summed E-state index contributed by atoms with van der Waals surface area (Å²) in [6.45, 7) is 1.82. The highest BCUT2D eigenvalue weighted by molar-refractivity contribution is 6.09. The molecule has 0 bridgehead atoms. The van der Waals surface area contributed by atoms with E-state index < -0.39 is 5.97 Å². The van der Waals surface area contributed by atoms with Crippen LogP contribution in [0.25, 0.3) is 6.08 Å². The molecule has 0 spiro atoms. The topological polar surface area (TPSA) is 71.1 Å². The van der Waals surface area contributed by atoms with E-state index in [1.54, 1.807) is 62.8 Å². The lowest BCUT2D eigenvalue weighted by atomic mass is 10.1. The van der Waals surface area contributed by atoms with Gasteiger partial charge in [0.1, 0.15) is 11.5 Å². The van der Waals surface area contributed by atoms with Crippen molar-refractivity contribution in [3.8, 4) is 23.0 Å². The molecule has 6 heteroatoms. The summed E-state index contributed by atoms with van der Waals surface area (Å²) in [5.74, 6) is 0.873. The number of aryl methyl sites for hydroxylation is 1. The Balaban J connectivity index is 1.88. The number of rotatable bonds is 8. The number of benzene rings is 3. The molecule has 0 saturated carbocycles. The summed E-state index contributed by atoms with van der Waals surface area (Å²) >= 11 is 0. The van der Waals surface area contributed by atoms with E-state index >= 15 is 0 Å². The van der Waals surface area contributed by atoms with E-state index in [1.807, 2.05) is 19.1 Å². The summed E-state index contributed by atoms with van der Waals surface area (Å²) in [4.78, 5) is 25.6. The van der Waals surface area contributed by atoms with Gasteiger partial charge in [-0.15, -0.1) is 0 Å². The Hall–Kier alpha value is -4.06. The van der Waals surface area contributed by atoms with Gasteiger partial charge in [-0.1, -0.05) is 30.3 Å². The fourth-order valence-electron chi connectivity index (χ4n) is 3.09. The molecule has 164 valence electrons. The first-order valence-corrected chi connectivity index (χ1v) is 9.87. The molecule has 0 aromatic heterocycles. The standard InChI is InChI=1S/C26H24O6/c1-17-7-5-6-8-20(17)26(28)32-24-16-19(29-2)11-12-21(24)22(27)13-9-18-10-14-23(30-3)25(15-18)31-4/h5-16H,1-4H3. The molecule has 3 rings (SSSR count). The van der Waals surface area contributed by atoms with Gasteiger partial charge < -0.3 is 18.9 Å². The summed E-state index contributed by atoms with van der Waals surface area (Å²) < 4.78 is 21.3. The second-order valence-electron chi connectivity index (χ2n) is 6.88. The van der Waals surface area contributed by atoms with Gasteiger partial charge >= 0.3 is 5.97 Å². The number of ketones is 1. The molecule has 3 aromatic rings. The summed E-state index contributed by atoms with van der Waals surface area (Å²) in [5, 5.41) is 0. The molecular formula is C26H24O6. The van der Waals surface area contributed by atoms with Crippen molar-refractivity contribution < 1.29 is 28.5 Å². The maximum Gasteiger partial charge on any atom is 0.343 e. The van der Waals surface area contributed by atoms with Crippen molar-refractivity contribution in [3.05, 3.63) is 89.0 Å². The molecule has 0 aliphatic carbocycles. The zero-order chi connectivity index (χ0) is 23.1. The first-order valence-electron chi connectivity index (χ1n) is 9.87. The lowest BCUT2D eigenvalue weighted by Crippen LogP contribution is -2.12. The maximum absolute atomic E-state index is 12.9. The van der Waals surface area contributed by atoms with Crippen molar-refractivity contribution in [1.29, 1.82) is 0 Å². The number of methoxy groups -OCH3 is 3. The van der Waals surface area contributed by atoms with Crippen molar-refractivity contribution in [2.75, 3.05) is 21.3 Å². The first-order chi connectivity index (χ1) is 15.5. The van der Waals surface area contributed by atoms with Gasteiger partial charge in [-0.3, -0.25) is 4.79 Å². The summed E-state index contributed by atoms with van der Waals surface area (Å²) in [6.07, 6.45) is 3.07. The van der Waals surface area contributed by atoms with Gasteiger partial charge in [-0.05, 0) is 54.5 Å². The minimum Gasteiger partial charge on any atom is -0.497 e. The number of hydrogen-bond acceptors (Lipinski definition) is 6. The number of carbonyl (C=O) groups is 2. The van der Waals surface area contributed by atoms with Gasteiger partial charge in [0.15, 0.2) is 17.3 Å². The Bertz CT molecular complexity index is 1160. The van der Waals surface area contributed by atoms with E-state index in [-0.39, 0.29) is 17.1 Å². The van der Waals surface area contributed by atoms with Crippen LogP contribution in [0.3, 0.4) is 0 Å². The molecule has 32 heavy (non-hydrogen) atoms. The molecule has 0 saturated heterocycles. The van der Waals surface area contributed by atoms with Crippen LogP contribution in [0.4, 0.5) is 0 Å². The van der Waals surface area contributed by atoms with Gasteiger partial charge in [-0.2, -0.15) is 0 Å². The molecular weight excluding hydrogens is 408 g/mol. The third-order valence-corrected chi connectivity index (χ3v) is 4.86. The molecule has 0 atom stereocenters. The molecule has 3 aromatic carbocycles. The predicted molar refractivity (Wildman–Crippen MR) is 122 cm³/mol. The molecule has 0 N–H and O–H groups in total. The number of allylic oxidation sites excluding steroid dienone is 1. The van der Waals surface area contributed by atoms with Crippen molar-refractivity contribution in [2.24, 2.45) is 0 Å². The third-order valence-electron chi connectivity index (χ3n) is 4.86.